The highest BCUT2D eigenvalue weighted by Gasteiger charge is 2.13. The second-order valence-electron chi connectivity index (χ2n) is 4.41. The smallest absolute Gasteiger partial charge is 0.266 e. The molecule has 0 radical (unpaired) electrons. The van der Waals surface area contributed by atoms with Crippen LogP contribution >= 0.6 is 38.5 Å². The number of para-hydroxylation sites is 1. The normalized spacial score (nSPS) is 11.1. The number of benzene rings is 1. The number of halogens is 2. The Morgan fingerprint density at radius 3 is 2.82 bits per heavy atom. The van der Waals surface area contributed by atoms with Gasteiger partial charge in [-0.2, -0.15) is 5.26 Å². The third-order valence-corrected chi connectivity index (χ3v) is 5.09. The van der Waals surface area contributed by atoms with Crippen molar-refractivity contribution in [1.82, 2.24) is 0 Å². The Hall–Kier alpha value is -1.59. The van der Waals surface area contributed by atoms with Crippen LogP contribution in [0, 0.1) is 15.1 Å². The quantitative estimate of drug-likeness (QED) is 0.398. The first-order chi connectivity index (χ1) is 10.5. The SMILES string of the molecule is CCc1ccccc1NC(=O)/C(C#N)=C/c1cc(Br)c(I)o1. The van der Waals surface area contributed by atoms with E-state index in [1.165, 1.54) is 6.08 Å². The number of furan rings is 1. The zero-order valence-electron chi connectivity index (χ0n) is 11.7. The minimum absolute atomic E-state index is 0.0106. The first-order valence-corrected chi connectivity index (χ1v) is 8.38. The molecule has 0 bridgehead atoms. The van der Waals surface area contributed by atoms with Crippen LogP contribution in [-0.2, 0) is 11.2 Å². The van der Waals surface area contributed by atoms with Gasteiger partial charge < -0.3 is 9.73 Å². The molecule has 0 saturated heterocycles. The summed E-state index contributed by atoms with van der Waals surface area (Å²) in [6, 6.07) is 11.1. The highest BCUT2D eigenvalue weighted by atomic mass is 127. The molecule has 0 unspecified atom stereocenters. The third kappa shape index (κ3) is 3.99. The predicted octanol–water partition coefficient (Wildman–Crippen LogP) is 4.75. The molecule has 0 aliphatic rings. The van der Waals surface area contributed by atoms with Gasteiger partial charge in [-0.25, -0.2) is 0 Å². The van der Waals surface area contributed by atoms with E-state index in [1.54, 1.807) is 6.07 Å². The van der Waals surface area contributed by atoms with Crippen LogP contribution in [0.4, 0.5) is 5.69 Å². The lowest BCUT2D eigenvalue weighted by Gasteiger charge is -2.08. The van der Waals surface area contributed by atoms with Crippen molar-refractivity contribution in [3.63, 3.8) is 0 Å². The lowest BCUT2D eigenvalue weighted by atomic mass is 10.1. The molecule has 0 aliphatic heterocycles. The van der Waals surface area contributed by atoms with Crippen LogP contribution in [0.2, 0.25) is 0 Å². The van der Waals surface area contributed by atoms with Crippen LogP contribution in [0.3, 0.4) is 0 Å². The Labute approximate surface area is 150 Å². The van der Waals surface area contributed by atoms with Crippen LogP contribution < -0.4 is 5.32 Å². The lowest BCUT2D eigenvalue weighted by Crippen LogP contribution is -2.14. The average molecular weight is 471 g/mol. The van der Waals surface area contributed by atoms with Crippen LogP contribution in [-0.4, -0.2) is 5.91 Å². The van der Waals surface area contributed by atoms with Crippen molar-refractivity contribution >= 4 is 56.2 Å². The zero-order chi connectivity index (χ0) is 16.1. The van der Waals surface area contributed by atoms with E-state index in [-0.39, 0.29) is 5.57 Å². The van der Waals surface area contributed by atoms with Crippen molar-refractivity contribution in [1.29, 1.82) is 5.26 Å². The van der Waals surface area contributed by atoms with Gasteiger partial charge in [0.25, 0.3) is 5.91 Å². The molecule has 4 nitrogen and oxygen atoms in total. The summed E-state index contributed by atoms with van der Waals surface area (Å²) in [6.45, 7) is 2.01. The van der Waals surface area contributed by atoms with Crippen molar-refractivity contribution in [2.45, 2.75) is 13.3 Å². The van der Waals surface area contributed by atoms with Crippen molar-refractivity contribution in [2.75, 3.05) is 5.32 Å². The number of anilines is 1. The van der Waals surface area contributed by atoms with Crippen molar-refractivity contribution < 1.29 is 9.21 Å². The lowest BCUT2D eigenvalue weighted by molar-refractivity contribution is -0.112. The Kier molecular flexibility index (Phi) is 5.80. The molecule has 1 aromatic heterocycles. The molecule has 22 heavy (non-hydrogen) atoms. The van der Waals surface area contributed by atoms with Gasteiger partial charge in [0, 0.05) is 34.4 Å². The fourth-order valence-corrected chi connectivity index (χ4v) is 2.58. The third-order valence-electron chi connectivity index (χ3n) is 2.96. The van der Waals surface area contributed by atoms with Crippen molar-refractivity contribution in [2.24, 2.45) is 0 Å². The summed E-state index contributed by atoms with van der Waals surface area (Å²) in [5.41, 5.74) is 1.72. The van der Waals surface area contributed by atoms with Gasteiger partial charge in [0.2, 0.25) is 0 Å². The molecule has 0 atom stereocenters. The van der Waals surface area contributed by atoms with E-state index in [0.29, 0.717) is 15.2 Å². The van der Waals surface area contributed by atoms with Crippen LogP contribution in [0.15, 0.2) is 44.8 Å². The molecule has 1 aromatic carbocycles. The number of aryl methyl sites for hydroxylation is 1. The van der Waals surface area contributed by atoms with E-state index in [9.17, 15) is 10.1 Å². The number of hydrogen-bond donors (Lipinski definition) is 1. The fourth-order valence-electron chi connectivity index (χ4n) is 1.87. The second-order valence-corrected chi connectivity index (χ2v) is 6.24. The van der Waals surface area contributed by atoms with Gasteiger partial charge >= 0.3 is 0 Å². The van der Waals surface area contributed by atoms with E-state index >= 15 is 0 Å². The Morgan fingerprint density at radius 1 is 1.50 bits per heavy atom. The number of amides is 1. The number of carbonyl (C=O) groups excluding carboxylic acids is 1. The molecule has 0 spiro atoms. The van der Waals surface area contributed by atoms with Gasteiger partial charge in [-0.15, -0.1) is 0 Å². The van der Waals surface area contributed by atoms with Crippen LogP contribution in [0.1, 0.15) is 18.2 Å². The van der Waals surface area contributed by atoms with E-state index in [2.05, 4.69) is 21.2 Å². The zero-order valence-corrected chi connectivity index (χ0v) is 15.4. The number of rotatable bonds is 4. The maximum absolute atomic E-state index is 12.3. The Balaban J connectivity index is 2.24. The molecule has 6 heteroatoms. The minimum Gasteiger partial charge on any atom is -0.450 e. The van der Waals surface area contributed by atoms with Crippen LogP contribution in [0.5, 0.6) is 0 Å². The highest BCUT2D eigenvalue weighted by Crippen LogP contribution is 2.25. The molecule has 0 fully saturated rings. The molecule has 2 aromatic rings. The largest absolute Gasteiger partial charge is 0.450 e. The highest BCUT2D eigenvalue weighted by molar-refractivity contribution is 14.1. The predicted molar refractivity (Wildman–Crippen MR) is 97.2 cm³/mol. The molecule has 2 rings (SSSR count). The maximum Gasteiger partial charge on any atom is 0.266 e. The Morgan fingerprint density at radius 2 is 2.23 bits per heavy atom. The van der Waals surface area contributed by atoms with Gasteiger partial charge in [0.15, 0.2) is 3.77 Å². The summed E-state index contributed by atoms with van der Waals surface area (Å²) in [7, 11) is 0. The van der Waals surface area contributed by atoms with E-state index in [4.69, 9.17) is 4.42 Å². The van der Waals surface area contributed by atoms with E-state index in [0.717, 1.165) is 16.5 Å². The van der Waals surface area contributed by atoms with Gasteiger partial charge in [0.1, 0.15) is 17.4 Å². The number of nitrogens with one attached hydrogen (secondary N) is 1. The molecular weight excluding hydrogens is 459 g/mol. The fraction of sp³-hybridized carbons (Fsp3) is 0.125. The van der Waals surface area contributed by atoms with E-state index in [1.807, 2.05) is 59.8 Å². The minimum atomic E-state index is -0.453. The summed E-state index contributed by atoms with van der Waals surface area (Å²) >= 11 is 5.35. The molecule has 1 N–H and O–H groups in total. The first kappa shape index (κ1) is 16.8. The molecule has 112 valence electrons. The second kappa shape index (κ2) is 7.61. The molecule has 1 amide bonds. The summed E-state index contributed by atoms with van der Waals surface area (Å²) in [5, 5.41) is 12.0. The first-order valence-electron chi connectivity index (χ1n) is 6.51. The molecule has 0 aliphatic carbocycles. The summed E-state index contributed by atoms with van der Waals surface area (Å²) in [5.74, 6) is -0.00215. The topological polar surface area (TPSA) is 66.0 Å². The number of hydrogen-bond acceptors (Lipinski definition) is 3. The van der Waals surface area contributed by atoms with E-state index < -0.39 is 5.91 Å². The monoisotopic (exact) mass is 470 g/mol. The number of nitriles is 1. The van der Waals surface area contributed by atoms with Gasteiger partial charge in [-0.05, 0) is 40.0 Å². The summed E-state index contributed by atoms with van der Waals surface area (Å²) < 4.78 is 6.87. The number of nitrogens with zero attached hydrogens (tertiary/aromatic N) is 1. The Bertz CT molecular complexity index is 755. The number of carbonyl (C=O) groups is 1. The summed E-state index contributed by atoms with van der Waals surface area (Å²) in [6.07, 6.45) is 2.22. The van der Waals surface area contributed by atoms with Crippen LogP contribution in [0.25, 0.3) is 6.08 Å². The summed E-state index contributed by atoms with van der Waals surface area (Å²) in [4.78, 5) is 12.3. The van der Waals surface area contributed by atoms with Crippen molar-refractivity contribution in [3.8, 4) is 6.07 Å². The average Bonchev–Trinajstić information content (AvgIpc) is 2.83. The molecule has 0 saturated carbocycles. The molecular formula is C16H12BrIN2O2. The molecule has 1 heterocycles. The van der Waals surface area contributed by atoms with Crippen molar-refractivity contribution in [3.05, 3.63) is 55.5 Å². The standard InChI is InChI=1S/C16H12BrIN2O2/c1-2-10-5-3-4-6-14(10)20-16(21)11(9-19)7-12-8-13(17)15(18)22-12/h3-8H,2H2,1H3,(H,20,21)/b11-7+. The van der Waals surface area contributed by atoms with Gasteiger partial charge in [-0.3, -0.25) is 4.79 Å². The van der Waals surface area contributed by atoms with Gasteiger partial charge in [-0.1, -0.05) is 25.1 Å². The maximum atomic E-state index is 12.3. The van der Waals surface area contributed by atoms with Gasteiger partial charge in [0.05, 0.1) is 4.47 Å².